The van der Waals surface area contributed by atoms with Gasteiger partial charge in [0.25, 0.3) is 0 Å². The third-order valence-corrected chi connectivity index (χ3v) is 2.64. The summed E-state index contributed by atoms with van der Waals surface area (Å²) >= 11 is 0. The van der Waals surface area contributed by atoms with Crippen molar-refractivity contribution in [2.45, 2.75) is 20.4 Å². The normalized spacial score (nSPS) is 10.5. The first-order valence-corrected chi connectivity index (χ1v) is 5.65. The van der Waals surface area contributed by atoms with E-state index in [1.165, 1.54) is 0 Å². The quantitative estimate of drug-likeness (QED) is 0.798. The van der Waals surface area contributed by atoms with Crippen LogP contribution in [0.5, 0.6) is 0 Å². The lowest BCUT2D eigenvalue weighted by Crippen LogP contribution is -2.25. The van der Waals surface area contributed by atoms with Crippen LogP contribution in [0, 0.1) is 13.8 Å². The summed E-state index contributed by atoms with van der Waals surface area (Å²) in [5.41, 5.74) is 1.90. The molecule has 0 radical (unpaired) electrons. The number of rotatable bonds is 4. The molecule has 0 bridgehead atoms. The fourth-order valence-electron chi connectivity index (χ4n) is 1.68. The van der Waals surface area contributed by atoms with Crippen LogP contribution in [0.3, 0.4) is 0 Å². The number of anilines is 1. The Morgan fingerprint density at radius 1 is 1.35 bits per heavy atom. The smallest absolute Gasteiger partial charge is 0.150 e. The fourth-order valence-corrected chi connectivity index (χ4v) is 1.68. The highest BCUT2D eigenvalue weighted by molar-refractivity contribution is 5.42. The minimum Gasteiger partial charge on any atom is -0.356 e. The van der Waals surface area contributed by atoms with E-state index in [1.807, 2.05) is 37.8 Å². The minimum absolute atomic E-state index is 0.846. The zero-order valence-corrected chi connectivity index (χ0v) is 10.5. The second kappa shape index (κ2) is 4.95. The van der Waals surface area contributed by atoms with Gasteiger partial charge in [0.15, 0.2) is 0 Å². The van der Waals surface area contributed by atoms with Crippen molar-refractivity contribution < 1.29 is 0 Å². The average Bonchev–Trinajstić information content (AvgIpc) is 2.82. The Morgan fingerprint density at radius 3 is 2.88 bits per heavy atom. The van der Waals surface area contributed by atoms with E-state index in [2.05, 4.69) is 20.0 Å². The van der Waals surface area contributed by atoms with Gasteiger partial charge in [0.05, 0.1) is 17.9 Å². The van der Waals surface area contributed by atoms with Crippen LogP contribution in [0.15, 0.2) is 24.7 Å². The standard InChI is InChI=1S/C12H17N5/c1-10-9-13-11(2)12(15-10)16(3)7-8-17-6-4-5-14-17/h4-6,9H,7-8H2,1-3H3. The summed E-state index contributed by atoms with van der Waals surface area (Å²) in [6.07, 6.45) is 5.54. The van der Waals surface area contributed by atoms with Crippen molar-refractivity contribution in [1.29, 1.82) is 0 Å². The molecule has 2 aromatic heterocycles. The molecule has 0 spiro atoms. The molecule has 0 aliphatic heterocycles. The van der Waals surface area contributed by atoms with Crippen molar-refractivity contribution in [1.82, 2.24) is 19.7 Å². The van der Waals surface area contributed by atoms with E-state index in [1.54, 1.807) is 12.4 Å². The lowest BCUT2D eigenvalue weighted by molar-refractivity contribution is 0.608. The largest absolute Gasteiger partial charge is 0.356 e. The van der Waals surface area contributed by atoms with E-state index in [9.17, 15) is 0 Å². The van der Waals surface area contributed by atoms with Crippen LogP contribution in [-0.4, -0.2) is 33.3 Å². The number of likely N-dealkylation sites (N-methyl/N-ethyl adjacent to an activating group) is 1. The highest BCUT2D eigenvalue weighted by Gasteiger charge is 2.07. The summed E-state index contributed by atoms with van der Waals surface area (Å²) in [4.78, 5) is 10.9. The van der Waals surface area contributed by atoms with Gasteiger partial charge in [-0.05, 0) is 19.9 Å². The third kappa shape index (κ3) is 2.81. The molecule has 0 aliphatic rings. The Balaban J connectivity index is 2.04. The summed E-state index contributed by atoms with van der Waals surface area (Å²) < 4.78 is 1.91. The van der Waals surface area contributed by atoms with Gasteiger partial charge in [0.1, 0.15) is 5.82 Å². The first-order valence-electron chi connectivity index (χ1n) is 5.65. The van der Waals surface area contributed by atoms with Crippen molar-refractivity contribution >= 4 is 5.82 Å². The van der Waals surface area contributed by atoms with Crippen LogP contribution in [0.2, 0.25) is 0 Å². The molecule has 5 heteroatoms. The highest BCUT2D eigenvalue weighted by Crippen LogP contribution is 2.13. The molecule has 0 saturated carbocycles. The van der Waals surface area contributed by atoms with E-state index in [0.29, 0.717) is 0 Å². The summed E-state index contributed by atoms with van der Waals surface area (Å²) in [6.45, 7) is 5.64. The van der Waals surface area contributed by atoms with Gasteiger partial charge in [-0.25, -0.2) is 4.98 Å². The van der Waals surface area contributed by atoms with Gasteiger partial charge in [-0.2, -0.15) is 5.10 Å². The zero-order valence-electron chi connectivity index (χ0n) is 10.5. The van der Waals surface area contributed by atoms with E-state index < -0.39 is 0 Å². The Bertz CT molecular complexity index is 478. The summed E-state index contributed by atoms with van der Waals surface area (Å²) in [5.74, 6) is 0.942. The van der Waals surface area contributed by atoms with Crippen LogP contribution in [-0.2, 0) is 6.54 Å². The Morgan fingerprint density at radius 2 is 2.18 bits per heavy atom. The van der Waals surface area contributed by atoms with Crippen molar-refractivity contribution in [2.24, 2.45) is 0 Å². The van der Waals surface area contributed by atoms with Crippen LogP contribution in [0.1, 0.15) is 11.4 Å². The molecule has 0 saturated heterocycles. The Kier molecular flexibility index (Phi) is 3.37. The molecule has 0 N–H and O–H groups in total. The fraction of sp³-hybridized carbons (Fsp3) is 0.417. The maximum atomic E-state index is 4.51. The molecule has 90 valence electrons. The summed E-state index contributed by atoms with van der Waals surface area (Å²) in [6, 6.07) is 1.93. The molecule has 0 fully saturated rings. The second-order valence-electron chi connectivity index (χ2n) is 4.11. The van der Waals surface area contributed by atoms with Crippen LogP contribution >= 0.6 is 0 Å². The predicted octanol–water partition coefficient (Wildman–Crippen LogP) is 1.43. The number of hydrogen-bond acceptors (Lipinski definition) is 4. The molecule has 0 amide bonds. The highest BCUT2D eigenvalue weighted by atomic mass is 15.3. The van der Waals surface area contributed by atoms with E-state index in [0.717, 1.165) is 30.3 Å². The molecule has 0 atom stereocenters. The number of aryl methyl sites for hydroxylation is 2. The molecule has 5 nitrogen and oxygen atoms in total. The molecular formula is C12H17N5. The first-order chi connectivity index (χ1) is 8.16. The van der Waals surface area contributed by atoms with Gasteiger partial charge in [0, 0.05) is 32.2 Å². The zero-order chi connectivity index (χ0) is 12.3. The van der Waals surface area contributed by atoms with E-state index in [-0.39, 0.29) is 0 Å². The van der Waals surface area contributed by atoms with E-state index >= 15 is 0 Å². The van der Waals surface area contributed by atoms with Crippen LogP contribution in [0.4, 0.5) is 5.82 Å². The molecule has 0 aliphatic carbocycles. The molecule has 2 rings (SSSR count). The van der Waals surface area contributed by atoms with Crippen molar-refractivity contribution in [3.05, 3.63) is 36.0 Å². The van der Waals surface area contributed by atoms with Crippen molar-refractivity contribution in [3.8, 4) is 0 Å². The molecule has 2 heterocycles. The van der Waals surface area contributed by atoms with Gasteiger partial charge >= 0.3 is 0 Å². The minimum atomic E-state index is 0.846. The van der Waals surface area contributed by atoms with Gasteiger partial charge < -0.3 is 4.90 Å². The summed E-state index contributed by atoms with van der Waals surface area (Å²) in [5, 5.41) is 4.18. The maximum absolute atomic E-state index is 4.51. The van der Waals surface area contributed by atoms with Crippen LogP contribution in [0.25, 0.3) is 0 Å². The Labute approximate surface area is 101 Å². The molecule has 17 heavy (non-hydrogen) atoms. The topological polar surface area (TPSA) is 46.8 Å². The monoisotopic (exact) mass is 231 g/mol. The number of hydrogen-bond donors (Lipinski definition) is 0. The molecule has 0 unspecified atom stereocenters. The van der Waals surface area contributed by atoms with Gasteiger partial charge in [0.2, 0.25) is 0 Å². The second-order valence-corrected chi connectivity index (χ2v) is 4.11. The van der Waals surface area contributed by atoms with Gasteiger partial charge in [-0.15, -0.1) is 0 Å². The van der Waals surface area contributed by atoms with Crippen molar-refractivity contribution in [2.75, 3.05) is 18.5 Å². The van der Waals surface area contributed by atoms with Gasteiger partial charge in [-0.3, -0.25) is 9.67 Å². The summed E-state index contributed by atoms with van der Waals surface area (Å²) in [7, 11) is 2.03. The predicted molar refractivity (Wildman–Crippen MR) is 67.0 cm³/mol. The van der Waals surface area contributed by atoms with Crippen molar-refractivity contribution in [3.63, 3.8) is 0 Å². The Hall–Kier alpha value is -1.91. The molecule has 0 aromatic carbocycles. The average molecular weight is 231 g/mol. The SMILES string of the molecule is Cc1cnc(C)c(N(C)CCn2cccn2)n1. The van der Waals surface area contributed by atoms with E-state index in [4.69, 9.17) is 0 Å². The lowest BCUT2D eigenvalue weighted by atomic mass is 10.4. The van der Waals surface area contributed by atoms with Gasteiger partial charge in [-0.1, -0.05) is 0 Å². The molecular weight excluding hydrogens is 214 g/mol. The molecule has 2 aromatic rings. The third-order valence-electron chi connectivity index (χ3n) is 2.64. The number of aromatic nitrogens is 4. The first kappa shape index (κ1) is 11.6. The number of nitrogens with zero attached hydrogens (tertiary/aromatic N) is 5. The van der Waals surface area contributed by atoms with Crippen LogP contribution < -0.4 is 4.90 Å². The lowest BCUT2D eigenvalue weighted by Gasteiger charge is -2.19. The maximum Gasteiger partial charge on any atom is 0.150 e.